The van der Waals surface area contributed by atoms with Crippen LogP contribution in [0.25, 0.3) is 0 Å². The first-order valence-electron chi connectivity index (χ1n) is 7.21. The molecule has 3 aromatic rings. The number of rotatable bonds is 4. The molecule has 2 heterocycles. The van der Waals surface area contributed by atoms with E-state index in [0.717, 1.165) is 5.56 Å². The smallest absolute Gasteiger partial charge is 0.275 e. The average Bonchev–Trinajstić information content (AvgIpc) is 3.04. The Bertz CT molecular complexity index is 902. The first-order valence-corrected chi connectivity index (χ1v) is 7.59. The maximum atomic E-state index is 13.2. The van der Waals surface area contributed by atoms with Crippen molar-refractivity contribution in [1.82, 2.24) is 19.6 Å². The fraction of sp³-hybridized carbons (Fsp3) is 0.188. The van der Waals surface area contributed by atoms with Crippen LogP contribution in [0.3, 0.4) is 0 Å². The van der Waals surface area contributed by atoms with Gasteiger partial charge in [0.25, 0.3) is 5.91 Å². The van der Waals surface area contributed by atoms with E-state index in [4.69, 9.17) is 11.6 Å². The second-order valence-corrected chi connectivity index (χ2v) is 5.76. The molecule has 0 saturated carbocycles. The van der Waals surface area contributed by atoms with Crippen LogP contribution in [0, 0.1) is 12.7 Å². The van der Waals surface area contributed by atoms with Crippen molar-refractivity contribution in [3.05, 3.63) is 64.5 Å². The van der Waals surface area contributed by atoms with Gasteiger partial charge in [-0.1, -0.05) is 23.7 Å². The third kappa shape index (κ3) is 3.30. The molecule has 0 aliphatic carbocycles. The molecule has 0 fully saturated rings. The molecule has 0 saturated heterocycles. The number of carbonyl (C=O) groups is 1. The van der Waals surface area contributed by atoms with Crippen molar-refractivity contribution in [3.63, 3.8) is 0 Å². The number of carbonyl (C=O) groups excluding carboxylic acids is 1. The summed E-state index contributed by atoms with van der Waals surface area (Å²) in [5, 5.41) is 11.3. The van der Waals surface area contributed by atoms with Gasteiger partial charge in [0.1, 0.15) is 11.5 Å². The van der Waals surface area contributed by atoms with Crippen molar-refractivity contribution in [1.29, 1.82) is 0 Å². The Kier molecular flexibility index (Phi) is 4.35. The third-order valence-corrected chi connectivity index (χ3v) is 3.94. The Morgan fingerprint density at radius 1 is 1.42 bits per heavy atom. The number of halogens is 2. The average molecular weight is 348 g/mol. The van der Waals surface area contributed by atoms with Crippen molar-refractivity contribution < 1.29 is 9.18 Å². The number of aromatic nitrogens is 4. The lowest BCUT2D eigenvalue weighted by atomic mass is 10.2. The standard InChI is InChI=1S/C16H15ClFN5O/c1-10-14(17)15(22(2)21-10)16(24)20-13-7-19-23(9-13)8-11-4-3-5-12(18)6-11/h3-7,9H,8H2,1-2H3,(H,20,24). The van der Waals surface area contributed by atoms with Crippen LogP contribution >= 0.6 is 11.6 Å². The van der Waals surface area contributed by atoms with Gasteiger partial charge >= 0.3 is 0 Å². The van der Waals surface area contributed by atoms with Gasteiger partial charge in [-0.2, -0.15) is 10.2 Å². The molecule has 0 radical (unpaired) electrons. The monoisotopic (exact) mass is 347 g/mol. The summed E-state index contributed by atoms with van der Waals surface area (Å²) < 4.78 is 16.3. The molecular formula is C16H15ClFN5O. The number of hydrogen-bond donors (Lipinski definition) is 1. The van der Waals surface area contributed by atoms with Gasteiger partial charge in [0, 0.05) is 13.2 Å². The van der Waals surface area contributed by atoms with Crippen LogP contribution in [-0.2, 0) is 13.6 Å². The molecule has 24 heavy (non-hydrogen) atoms. The number of nitrogens with one attached hydrogen (secondary N) is 1. The molecule has 0 bridgehead atoms. The molecule has 0 atom stereocenters. The fourth-order valence-electron chi connectivity index (χ4n) is 2.41. The van der Waals surface area contributed by atoms with Gasteiger partial charge in [-0.15, -0.1) is 0 Å². The highest BCUT2D eigenvalue weighted by molar-refractivity contribution is 6.34. The van der Waals surface area contributed by atoms with Gasteiger partial charge < -0.3 is 5.32 Å². The van der Waals surface area contributed by atoms with Gasteiger partial charge in [0.15, 0.2) is 0 Å². The van der Waals surface area contributed by atoms with Crippen LogP contribution in [0.5, 0.6) is 0 Å². The third-order valence-electron chi connectivity index (χ3n) is 3.49. The molecule has 0 aliphatic heterocycles. The molecule has 1 aromatic carbocycles. The predicted molar refractivity (Wildman–Crippen MR) is 88.6 cm³/mol. The molecule has 0 spiro atoms. The van der Waals surface area contributed by atoms with Crippen LogP contribution in [0.2, 0.25) is 5.02 Å². The van der Waals surface area contributed by atoms with Gasteiger partial charge in [0.05, 0.1) is 29.1 Å². The summed E-state index contributed by atoms with van der Waals surface area (Å²) in [6.07, 6.45) is 3.19. The van der Waals surface area contributed by atoms with Crippen LogP contribution in [0.4, 0.5) is 10.1 Å². The molecule has 1 amide bonds. The first-order chi connectivity index (χ1) is 11.4. The Morgan fingerprint density at radius 3 is 2.88 bits per heavy atom. The van der Waals surface area contributed by atoms with E-state index in [1.807, 2.05) is 0 Å². The maximum Gasteiger partial charge on any atom is 0.275 e. The minimum absolute atomic E-state index is 0.284. The van der Waals surface area contributed by atoms with E-state index >= 15 is 0 Å². The summed E-state index contributed by atoms with van der Waals surface area (Å²) in [4.78, 5) is 12.3. The number of anilines is 1. The van der Waals surface area contributed by atoms with Gasteiger partial charge in [-0.3, -0.25) is 14.2 Å². The molecule has 8 heteroatoms. The van der Waals surface area contributed by atoms with Gasteiger partial charge in [0.2, 0.25) is 0 Å². The molecule has 3 rings (SSSR count). The highest BCUT2D eigenvalue weighted by Crippen LogP contribution is 2.20. The first kappa shape index (κ1) is 16.2. The van der Waals surface area contributed by atoms with Crippen molar-refractivity contribution in [2.24, 2.45) is 7.05 Å². The van der Waals surface area contributed by atoms with Crippen LogP contribution in [0.15, 0.2) is 36.7 Å². The van der Waals surface area contributed by atoms with E-state index in [-0.39, 0.29) is 17.4 Å². The van der Waals surface area contributed by atoms with E-state index in [1.54, 1.807) is 37.0 Å². The van der Waals surface area contributed by atoms with Crippen LogP contribution in [-0.4, -0.2) is 25.5 Å². The number of hydrogen-bond acceptors (Lipinski definition) is 3. The Hall–Kier alpha value is -2.67. The molecule has 2 aromatic heterocycles. The quantitative estimate of drug-likeness (QED) is 0.789. The lowest BCUT2D eigenvalue weighted by Gasteiger charge is -2.04. The maximum absolute atomic E-state index is 13.2. The second kappa shape index (κ2) is 6.45. The largest absolute Gasteiger partial charge is 0.318 e. The number of nitrogens with zero attached hydrogens (tertiary/aromatic N) is 4. The van der Waals surface area contributed by atoms with E-state index in [9.17, 15) is 9.18 Å². The second-order valence-electron chi connectivity index (χ2n) is 5.38. The van der Waals surface area contributed by atoms with E-state index < -0.39 is 0 Å². The van der Waals surface area contributed by atoms with Crippen molar-refractivity contribution >= 4 is 23.2 Å². The van der Waals surface area contributed by atoms with Crippen LogP contribution < -0.4 is 5.32 Å². The zero-order valence-electron chi connectivity index (χ0n) is 13.1. The molecule has 0 aliphatic rings. The zero-order chi connectivity index (χ0) is 17.3. The van der Waals surface area contributed by atoms with E-state index in [1.165, 1.54) is 23.0 Å². The number of benzene rings is 1. The lowest BCUT2D eigenvalue weighted by molar-refractivity contribution is 0.101. The van der Waals surface area contributed by atoms with Gasteiger partial charge in [-0.25, -0.2) is 4.39 Å². The Balaban J connectivity index is 1.73. The van der Waals surface area contributed by atoms with E-state index in [2.05, 4.69) is 15.5 Å². The van der Waals surface area contributed by atoms with E-state index in [0.29, 0.717) is 22.9 Å². The summed E-state index contributed by atoms with van der Waals surface area (Å²) >= 11 is 6.10. The minimum atomic E-state index is -0.367. The summed E-state index contributed by atoms with van der Waals surface area (Å²) in [6, 6.07) is 6.28. The normalized spacial score (nSPS) is 10.8. The molecule has 6 nitrogen and oxygen atoms in total. The van der Waals surface area contributed by atoms with Crippen molar-refractivity contribution in [2.45, 2.75) is 13.5 Å². The molecular weight excluding hydrogens is 333 g/mol. The molecule has 0 unspecified atom stereocenters. The summed E-state index contributed by atoms with van der Waals surface area (Å²) in [5.74, 6) is -0.664. The number of aryl methyl sites for hydroxylation is 2. The highest BCUT2D eigenvalue weighted by Gasteiger charge is 2.19. The number of amides is 1. The Morgan fingerprint density at radius 2 is 2.21 bits per heavy atom. The van der Waals surface area contributed by atoms with Crippen molar-refractivity contribution in [3.8, 4) is 0 Å². The van der Waals surface area contributed by atoms with Crippen LogP contribution in [0.1, 0.15) is 21.7 Å². The highest BCUT2D eigenvalue weighted by atomic mass is 35.5. The topological polar surface area (TPSA) is 64.7 Å². The fourth-order valence-corrected chi connectivity index (χ4v) is 2.65. The SMILES string of the molecule is Cc1nn(C)c(C(=O)Nc2cnn(Cc3cccc(F)c3)c2)c1Cl. The molecule has 1 N–H and O–H groups in total. The summed E-state index contributed by atoms with van der Waals surface area (Å²) in [6.45, 7) is 2.13. The predicted octanol–water partition coefficient (Wildman–Crippen LogP) is 3.02. The summed E-state index contributed by atoms with van der Waals surface area (Å²) in [7, 11) is 1.65. The Labute approximate surface area is 142 Å². The minimum Gasteiger partial charge on any atom is -0.318 e. The lowest BCUT2D eigenvalue weighted by Crippen LogP contribution is -2.16. The van der Waals surface area contributed by atoms with Gasteiger partial charge in [-0.05, 0) is 24.6 Å². The summed E-state index contributed by atoms with van der Waals surface area (Å²) in [5.41, 5.74) is 2.17. The molecule has 124 valence electrons. The zero-order valence-corrected chi connectivity index (χ0v) is 13.9. The van der Waals surface area contributed by atoms with Crippen molar-refractivity contribution in [2.75, 3.05) is 5.32 Å².